The van der Waals surface area contributed by atoms with Gasteiger partial charge in [-0.25, -0.2) is 4.98 Å². The number of hydrogen-bond acceptors (Lipinski definition) is 5. The van der Waals surface area contributed by atoms with Crippen molar-refractivity contribution in [3.8, 4) is 11.5 Å². The van der Waals surface area contributed by atoms with E-state index in [-0.39, 0.29) is 6.79 Å². The molecule has 0 fully saturated rings. The van der Waals surface area contributed by atoms with Gasteiger partial charge in [0.1, 0.15) is 0 Å². The number of nitrogens with zero attached hydrogens (tertiary/aromatic N) is 1. The van der Waals surface area contributed by atoms with E-state index >= 15 is 0 Å². The fourth-order valence-corrected chi connectivity index (χ4v) is 3.05. The van der Waals surface area contributed by atoms with Gasteiger partial charge in [0, 0.05) is 18.0 Å². The summed E-state index contributed by atoms with van der Waals surface area (Å²) in [4.78, 5) is 4.17. The molecule has 0 spiro atoms. The molecular formula is C12H10BrNO3S. The molecule has 6 heteroatoms. The average molecular weight is 328 g/mol. The zero-order valence-corrected chi connectivity index (χ0v) is 11.7. The number of aliphatic hydroxyl groups excluding tert-OH is 1. The SMILES string of the molecule is OC(Cc1nccs1)c1cc(Br)c2c(c1)OCO2. The lowest BCUT2D eigenvalue weighted by Crippen LogP contribution is -2.01. The fourth-order valence-electron chi connectivity index (χ4n) is 1.82. The Morgan fingerprint density at radius 3 is 3.11 bits per heavy atom. The quantitative estimate of drug-likeness (QED) is 0.941. The summed E-state index contributed by atoms with van der Waals surface area (Å²) in [5.41, 5.74) is 0.793. The highest BCUT2D eigenvalue weighted by Gasteiger charge is 2.21. The third-order valence-electron chi connectivity index (χ3n) is 2.69. The van der Waals surface area contributed by atoms with Gasteiger partial charge in [-0.15, -0.1) is 11.3 Å². The largest absolute Gasteiger partial charge is 0.454 e. The molecule has 0 saturated heterocycles. The van der Waals surface area contributed by atoms with E-state index in [0.29, 0.717) is 17.9 Å². The lowest BCUT2D eigenvalue weighted by molar-refractivity contribution is 0.171. The highest BCUT2D eigenvalue weighted by Crippen LogP contribution is 2.41. The molecule has 3 rings (SSSR count). The maximum atomic E-state index is 10.2. The van der Waals surface area contributed by atoms with Crippen molar-refractivity contribution in [2.24, 2.45) is 0 Å². The lowest BCUT2D eigenvalue weighted by Gasteiger charge is -2.11. The zero-order chi connectivity index (χ0) is 12.5. The number of rotatable bonds is 3. The minimum Gasteiger partial charge on any atom is -0.454 e. The molecule has 0 bridgehead atoms. The zero-order valence-electron chi connectivity index (χ0n) is 9.30. The topological polar surface area (TPSA) is 51.6 Å². The van der Waals surface area contributed by atoms with Crippen molar-refractivity contribution in [2.75, 3.05) is 6.79 Å². The maximum absolute atomic E-state index is 10.2. The molecule has 0 saturated carbocycles. The van der Waals surface area contributed by atoms with E-state index in [9.17, 15) is 5.11 Å². The number of halogens is 1. The van der Waals surface area contributed by atoms with E-state index in [2.05, 4.69) is 20.9 Å². The van der Waals surface area contributed by atoms with Crippen LogP contribution in [0, 0.1) is 0 Å². The van der Waals surface area contributed by atoms with Gasteiger partial charge in [-0.05, 0) is 33.6 Å². The summed E-state index contributed by atoms with van der Waals surface area (Å²) in [5, 5.41) is 13.0. The van der Waals surface area contributed by atoms with Gasteiger partial charge in [-0.2, -0.15) is 0 Å². The normalized spacial score (nSPS) is 14.8. The number of aliphatic hydroxyl groups is 1. The molecule has 1 aliphatic heterocycles. The van der Waals surface area contributed by atoms with Crippen LogP contribution in [0.2, 0.25) is 0 Å². The highest BCUT2D eigenvalue weighted by atomic mass is 79.9. The van der Waals surface area contributed by atoms with Crippen molar-refractivity contribution in [1.82, 2.24) is 4.98 Å². The van der Waals surface area contributed by atoms with Gasteiger partial charge in [0.2, 0.25) is 6.79 Å². The first kappa shape index (κ1) is 12.0. The first-order chi connectivity index (χ1) is 8.74. The number of fused-ring (bicyclic) bond motifs is 1. The molecule has 1 atom stereocenters. The standard InChI is InChI=1S/C12H10BrNO3S/c13-8-3-7(4-10-12(8)17-6-16-10)9(15)5-11-14-1-2-18-11/h1-4,9,15H,5-6H2. The van der Waals surface area contributed by atoms with Gasteiger partial charge in [0.05, 0.1) is 15.6 Å². The van der Waals surface area contributed by atoms with E-state index < -0.39 is 6.10 Å². The van der Waals surface area contributed by atoms with E-state index in [4.69, 9.17) is 9.47 Å². The van der Waals surface area contributed by atoms with Crippen LogP contribution in [0.15, 0.2) is 28.2 Å². The van der Waals surface area contributed by atoms with Crippen molar-refractivity contribution in [3.63, 3.8) is 0 Å². The summed E-state index contributed by atoms with van der Waals surface area (Å²) in [6.07, 6.45) is 1.65. The number of aromatic nitrogens is 1. The van der Waals surface area contributed by atoms with Gasteiger partial charge in [0.15, 0.2) is 11.5 Å². The first-order valence-electron chi connectivity index (χ1n) is 5.39. The Bertz CT molecular complexity index is 559. The number of ether oxygens (including phenoxy) is 2. The Morgan fingerprint density at radius 1 is 1.44 bits per heavy atom. The van der Waals surface area contributed by atoms with Gasteiger partial charge in [0.25, 0.3) is 0 Å². The Morgan fingerprint density at radius 2 is 2.33 bits per heavy atom. The van der Waals surface area contributed by atoms with Crippen LogP contribution in [0.1, 0.15) is 16.7 Å². The lowest BCUT2D eigenvalue weighted by atomic mass is 10.1. The molecule has 1 aromatic carbocycles. The summed E-state index contributed by atoms with van der Waals surface area (Å²) in [6.45, 7) is 0.222. The fraction of sp³-hybridized carbons (Fsp3) is 0.250. The van der Waals surface area contributed by atoms with Crippen LogP contribution in [0.3, 0.4) is 0 Å². The molecule has 0 radical (unpaired) electrons. The second-order valence-electron chi connectivity index (χ2n) is 3.88. The Balaban J connectivity index is 1.86. The van der Waals surface area contributed by atoms with Crippen LogP contribution >= 0.6 is 27.3 Å². The minimum absolute atomic E-state index is 0.222. The first-order valence-corrected chi connectivity index (χ1v) is 7.07. The monoisotopic (exact) mass is 327 g/mol. The van der Waals surface area contributed by atoms with E-state index in [1.807, 2.05) is 17.5 Å². The molecule has 4 nitrogen and oxygen atoms in total. The second-order valence-corrected chi connectivity index (χ2v) is 5.72. The molecule has 2 heterocycles. The Hall–Kier alpha value is -1.11. The van der Waals surface area contributed by atoms with Crippen molar-refractivity contribution < 1.29 is 14.6 Å². The predicted molar refractivity (Wildman–Crippen MR) is 71.0 cm³/mol. The Labute approximate surface area is 116 Å². The summed E-state index contributed by atoms with van der Waals surface area (Å²) in [6, 6.07) is 3.66. The van der Waals surface area contributed by atoms with Crippen LogP contribution in [0.5, 0.6) is 11.5 Å². The van der Waals surface area contributed by atoms with Crippen molar-refractivity contribution in [1.29, 1.82) is 0 Å². The van der Waals surface area contributed by atoms with E-state index in [0.717, 1.165) is 15.0 Å². The summed E-state index contributed by atoms with van der Waals surface area (Å²) >= 11 is 4.95. The predicted octanol–water partition coefficient (Wildman–Crippen LogP) is 2.91. The molecule has 1 aliphatic rings. The molecule has 1 unspecified atom stereocenters. The molecule has 1 aromatic heterocycles. The number of thiazole rings is 1. The van der Waals surface area contributed by atoms with Crippen molar-refractivity contribution >= 4 is 27.3 Å². The van der Waals surface area contributed by atoms with Gasteiger partial charge < -0.3 is 14.6 Å². The van der Waals surface area contributed by atoms with E-state index in [1.54, 1.807) is 6.20 Å². The molecular weight excluding hydrogens is 318 g/mol. The molecule has 94 valence electrons. The number of hydrogen-bond donors (Lipinski definition) is 1. The molecule has 18 heavy (non-hydrogen) atoms. The highest BCUT2D eigenvalue weighted by molar-refractivity contribution is 9.10. The van der Waals surface area contributed by atoms with Crippen molar-refractivity contribution in [2.45, 2.75) is 12.5 Å². The summed E-state index contributed by atoms with van der Waals surface area (Å²) < 4.78 is 11.4. The van der Waals surface area contributed by atoms with Crippen LogP contribution in [-0.2, 0) is 6.42 Å². The Kier molecular flexibility index (Phi) is 3.23. The molecule has 0 aliphatic carbocycles. The van der Waals surface area contributed by atoms with Crippen molar-refractivity contribution in [3.05, 3.63) is 38.8 Å². The third kappa shape index (κ3) is 2.23. The smallest absolute Gasteiger partial charge is 0.231 e. The van der Waals surface area contributed by atoms with E-state index in [1.165, 1.54) is 11.3 Å². The van der Waals surface area contributed by atoms with Crippen LogP contribution in [0.4, 0.5) is 0 Å². The second kappa shape index (κ2) is 4.87. The molecule has 1 N–H and O–H groups in total. The van der Waals surface area contributed by atoms with Crippen LogP contribution < -0.4 is 9.47 Å². The molecule has 2 aromatic rings. The van der Waals surface area contributed by atoms with Crippen LogP contribution in [0.25, 0.3) is 0 Å². The summed E-state index contributed by atoms with van der Waals surface area (Å²) in [7, 11) is 0. The average Bonchev–Trinajstić information content (AvgIpc) is 2.98. The van der Waals surface area contributed by atoms with Crippen LogP contribution in [-0.4, -0.2) is 16.9 Å². The van der Waals surface area contributed by atoms with Gasteiger partial charge in [-0.3, -0.25) is 0 Å². The maximum Gasteiger partial charge on any atom is 0.231 e. The number of benzene rings is 1. The third-order valence-corrected chi connectivity index (χ3v) is 4.08. The van der Waals surface area contributed by atoms with Gasteiger partial charge >= 0.3 is 0 Å². The summed E-state index contributed by atoms with van der Waals surface area (Å²) in [5.74, 6) is 1.36. The van der Waals surface area contributed by atoms with Gasteiger partial charge in [-0.1, -0.05) is 0 Å². The minimum atomic E-state index is -0.595. The molecule has 0 amide bonds.